The van der Waals surface area contributed by atoms with Gasteiger partial charge in [-0.25, -0.2) is 4.98 Å². The molecule has 0 fully saturated rings. The number of nitro groups is 1. The molecule has 0 unspecified atom stereocenters. The molecule has 0 spiro atoms. The van der Waals surface area contributed by atoms with Crippen molar-refractivity contribution in [1.82, 2.24) is 4.98 Å². The van der Waals surface area contributed by atoms with Crippen molar-refractivity contribution in [2.24, 2.45) is 5.92 Å². The van der Waals surface area contributed by atoms with E-state index in [1.54, 1.807) is 23.5 Å². The number of hydrogen-bond acceptors (Lipinski definition) is 4. The molecule has 0 atom stereocenters. The van der Waals surface area contributed by atoms with E-state index in [0.29, 0.717) is 5.92 Å². The van der Waals surface area contributed by atoms with Gasteiger partial charge in [-0.15, -0.1) is 11.3 Å². The quantitative estimate of drug-likeness (QED) is 0.620. The van der Waals surface area contributed by atoms with Gasteiger partial charge in [-0.1, -0.05) is 13.8 Å². The van der Waals surface area contributed by atoms with Crippen molar-refractivity contribution in [3.63, 3.8) is 0 Å². The van der Waals surface area contributed by atoms with Crippen molar-refractivity contribution in [3.8, 4) is 10.4 Å². The maximum atomic E-state index is 10.6. The second-order valence-electron chi connectivity index (χ2n) is 4.52. The minimum atomic E-state index is -0.388. The molecule has 0 N–H and O–H groups in total. The number of thiazole rings is 1. The van der Waals surface area contributed by atoms with Crippen molar-refractivity contribution >= 4 is 17.0 Å². The molecule has 4 nitrogen and oxygen atoms in total. The molecule has 2 aromatic rings. The van der Waals surface area contributed by atoms with Crippen molar-refractivity contribution in [2.75, 3.05) is 0 Å². The van der Waals surface area contributed by atoms with Crippen molar-refractivity contribution in [2.45, 2.75) is 20.3 Å². The summed E-state index contributed by atoms with van der Waals surface area (Å²) >= 11 is 1.65. The van der Waals surface area contributed by atoms with Gasteiger partial charge < -0.3 is 0 Å². The maximum absolute atomic E-state index is 10.6. The summed E-state index contributed by atoms with van der Waals surface area (Å²) in [7, 11) is 0. The van der Waals surface area contributed by atoms with E-state index >= 15 is 0 Å². The van der Waals surface area contributed by atoms with Gasteiger partial charge in [-0.3, -0.25) is 10.1 Å². The molecule has 2 rings (SSSR count). The lowest BCUT2D eigenvalue weighted by atomic mass is 10.1. The summed E-state index contributed by atoms with van der Waals surface area (Å²) in [5, 5.41) is 11.7. The van der Waals surface area contributed by atoms with Crippen molar-refractivity contribution in [3.05, 3.63) is 45.6 Å². The van der Waals surface area contributed by atoms with E-state index in [2.05, 4.69) is 18.8 Å². The highest BCUT2D eigenvalue weighted by Gasteiger charge is 2.08. The van der Waals surface area contributed by atoms with Gasteiger partial charge in [-0.2, -0.15) is 0 Å². The first-order valence-electron chi connectivity index (χ1n) is 5.76. The largest absolute Gasteiger partial charge is 0.269 e. The smallest absolute Gasteiger partial charge is 0.258 e. The standard InChI is InChI=1S/C13H14N2O2S/c1-9(2)7-13-14-8-12(18-13)10-3-5-11(6-4-10)15(16)17/h3-6,8-9H,7H2,1-2H3. The average Bonchev–Trinajstić information content (AvgIpc) is 2.76. The van der Waals surface area contributed by atoms with Crippen LogP contribution in [0.25, 0.3) is 10.4 Å². The van der Waals surface area contributed by atoms with Crippen LogP contribution >= 0.6 is 11.3 Å². The molecule has 94 valence electrons. The number of rotatable bonds is 4. The zero-order valence-corrected chi connectivity index (χ0v) is 11.1. The van der Waals surface area contributed by atoms with Crippen LogP contribution < -0.4 is 0 Å². The number of aromatic nitrogens is 1. The topological polar surface area (TPSA) is 56.0 Å². The lowest BCUT2D eigenvalue weighted by molar-refractivity contribution is -0.384. The molecule has 0 bridgehead atoms. The summed E-state index contributed by atoms with van der Waals surface area (Å²) in [6.45, 7) is 4.32. The number of benzene rings is 1. The molecule has 0 radical (unpaired) electrons. The Morgan fingerprint density at radius 3 is 2.56 bits per heavy atom. The molecule has 5 heteroatoms. The van der Waals surface area contributed by atoms with Crippen LogP contribution in [0.3, 0.4) is 0 Å². The van der Waals surface area contributed by atoms with E-state index in [9.17, 15) is 10.1 Å². The fraction of sp³-hybridized carbons (Fsp3) is 0.308. The van der Waals surface area contributed by atoms with Gasteiger partial charge >= 0.3 is 0 Å². The molecule has 0 amide bonds. The monoisotopic (exact) mass is 262 g/mol. The van der Waals surface area contributed by atoms with Crippen LogP contribution in [0.2, 0.25) is 0 Å². The molecule has 1 heterocycles. The zero-order valence-electron chi connectivity index (χ0n) is 10.3. The summed E-state index contributed by atoms with van der Waals surface area (Å²) in [6, 6.07) is 6.59. The Morgan fingerprint density at radius 2 is 2.00 bits per heavy atom. The molecule has 0 aliphatic heterocycles. The highest BCUT2D eigenvalue weighted by Crippen LogP contribution is 2.28. The number of hydrogen-bond donors (Lipinski definition) is 0. The molecular formula is C13H14N2O2S. The summed E-state index contributed by atoms with van der Waals surface area (Å²) in [5.74, 6) is 0.584. The van der Waals surface area contributed by atoms with E-state index in [4.69, 9.17) is 0 Å². The molecular weight excluding hydrogens is 248 g/mol. The van der Waals surface area contributed by atoms with Crippen LogP contribution in [-0.2, 0) is 6.42 Å². The SMILES string of the molecule is CC(C)Cc1ncc(-c2ccc([N+](=O)[O-])cc2)s1. The Balaban J connectivity index is 2.20. The van der Waals surface area contributed by atoms with Gasteiger partial charge in [0.15, 0.2) is 0 Å². The lowest BCUT2D eigenvalue weighted by Crippen LogP contribution is -1.91. The highest BCUT2D eigenvalue weighted by molar-refractivity contribution is 7.15. The van der Waals surface area contributed by atoms with Crippen LogP contribution in [0.15, 0.2) is 30.5 Å². The van der Waals surface area contributed by atoms with Gasteiger partial charge in [0.05, 0.1) is 14.8 Å². The van der Waals surface area contributed by atoms with Gasteiger partial charge in [0, 0.05) is 24.8 Å². The maximum Gasteiger partial charge on any atom is 0.269 e. The second kappa shape index (κ2) is 5.27. The Labute approximate surface area is 109 Å². The molecule has 1 aromatic heterocycles. The Hall–Kier alpha value is -1.75. The molecule has 0 aliphatic carbocycles. The minimum Gasteiger partial charge on any atom is -0.258 e. The summed E-state index contributed by atoms with van der Waals surface area (Å²) in [6.07, 6.45) is 2.81. The predicted octanol–water partition coefficient (Wildman–Crippen LogP) is 3.92. The van der Waals surface area contributed by atoms with Crippen LogP contribution in [0.1, 0.15) is 18.9 Å². The van der Waals surface area contributed by atoms with Gasteiger partial charge in [0.25, 0.3) is 5.69 Å². The van der Waals surface area contributed by atoms with Crippen LogP contribution in [-0.4, -0.2) is 9.91 Å². The Kier molecular flexibility index (Phi) is 3.72. The fourth-order valence-electron chi connectivity index (χ4n) is 1.63. The number of nitrogens with zero attached hydrogens (tertiary/aromatic N) is 2. The first-order valence-corrected chi connectivity index (χ1v) is 6.57. The first-order chi connectivity index (χ1) is 8.56. The third kappa shape index (κ3) is 2.92. The Morgan fingerprint density at radius 1 is 1.33 bits per heavy atom. The van der Waals surface area contributed by atoms with Crippen molar-refractivity contribution < 1.29 is 4.92 Å². The average molecular weight is 262 g/mol. The minimum absolute atomic E-state index is 0.116. The highest BCUT2D eigenvalue weighted by atomic mass is 32.1. The van der Waals surface area contributed by atoms with E-state index in [1.165, 1.54) is 12.1 Å². The zero-order chi connectivity index (χ0) is 13.1. The second-order valence-corrected chi connectivity index (χ2v) is 5.64. The van der Waals surface area contributed by atoms with E-state index in [-0.39, 0.29) is 10.6 Å². The Bertz CT molecular complexity index is 546. The van der Waals surface area contributed by atoms with Crippen LogP contribution in [0.5, 0.6) is 0 Å². The normalized spacial score (nSPS) is 10.8. The third-order valence-electron chi connectivity index (χ3n) is 2.50. The van der Waals surface area contributed by atoms with Crippen molar-refractivity contribution in [1.29, 1.82) is 0 Å². The fourth-order valence-corrected chi connectivity index (χ4v) is 2.77. The van der Waals surface area contributed by atoms with Crippen LogP contribution in [0, 0.1) is 16.0 Å². The molecule has 0 saturated heterocycles. The van der Waals surface area contributed by atoms with Gasteiger partial charge in [0.1, 0.15) is 0 Å². The summed E-state index contributed by atoms with van der Waals surface area (Å²) in [4.78, 5) is 15.6. The van der Waals surface area contributed by atoms with E-state index in [0.717, 1.165) is 21.9 Å². The molecule has 1 aromatic carbocycles. The number of nitro benzene ring substituents is 1. The van der Waals surface area contributed by atoms with Crippen LogP contribution in [0.4, 0.5) is 5.69 Å². The first kappa shape index (κ1) is 12.7. The third-order valence-corrected chi connectivity index (χ3v) is 3.57. The van der Waals surface area contributed by atoms with Gasteiger partial charge in [0.2, 0.25) is 0 Å². The van der Waals surface area contributed by atoms with Gasteiger partial charge in [-0.05, 0) is 23.6 Å². The number of non-ortho nitro benzene ring substituents is 1. The predicted molar refractivity (Wildman–Crippen MR) is 72.7 cm³/mol. The van der Waals surface area contributed by atoms with E-state index in [1.807, 2.05) is 6.20 Å². The molecule has 18 heavy (non-hydrogen) atoms. The van der Waals surface area contributed by atoms with E-state index < -0.39 is 0 Å². The molecule has 0 saturated carbocycles. The lowest BCUT2D eigenvalue weighted by Gasteiger charge is -1.98. The summed E-state index contributed by atoms with van der Waals surface area (Å²) in [5.41, 5.74) is 1.10. The molecule has 0 aliphatic rings. The summed E-state index contributed by atoms with van der Waals surface area (Å²) < 4.78 is 0.